The van der Waals surface area contributed by atoms with Crippen LogP contribution in [0.25, 0.3) is 0 Å². The van der Waals surface area contributed by atoms with Gasteiger partial charge in [-0.2, -0.15) is 11.8 Å². The van der Waals surface area contributed by atoms with E-state index in [9.17, 15) is 5.11 Å². The van der Waals surface area contributed by atoms with Gasteiger partial charge in [-0.05, 0) is 31.9 Å². The van der Waals surface area contributed by atoms with E-state index >= 15 is 0 Å². The lowest BCUT2D eigenvalue weighted by atomic mass is 9.92. The van der Waals surface area contributed by atoms with E-state index in [1.165, 1.54) is 38.2 Å². The fourth-order valence-electron chi connectivity index (χ4n) is 2.41. The predicted molar refractivity (Wildman–Crippen MR) is 68.0 cm³/mol. The van der Waals surface area contributed by atoms with Gasteiger partial charge in [-0.15, -0.1) is 0 Å². The smallest absolute Gasteiger partial charge is 0.0628 e. The zero-order valence-corrected chi connectivity index (χ0v) is 10.9. The van der Waals surface area contributed by atoms with Crippen molar-refractivity contribution in [1.82, 2.24) is 4.90 Å². The van der Waals surface area contributed by atoms with Crippen molar-refractivity contribution in [2.24, 2.45) is 0 Å². The van der Waals surface area contributed by atoms with Gasteiger partial charge in [0.15, 0.2) is 0 Å². The lowest BCUT2D eigenvalue weighted by molar-refractivity contribution is -0.116. The topological polar surface area (TPSA) is 32.7 Å². The van der Waals surface area contributed by atoms with Gasteiger partial charge in [-0.1, -0.05) is 0 Å². The average molecular weight is 245 g/mol. The fraction of sp³-hybridized carbons (Fsp3) is 1.00. The molecule has 4 heteroatoms. The molecule has 1 N–H and O–H groups in total. The number of hydrogen-bond acceptors (Lipinski definition) is 4. The molecule has 1 saturated heterocycles. The molecule has 0 atom stereocenters. The van der Waals surface area contributed by atoms with Crippen LogP contribution in [-0.2, 0) is 4.74 Å². The maximum absolute atomic E-state index is 9.20. The minimum absolute atomic E-state index is 0.0910. The highest BCUT2D eigenvalue weighted by molar-refractivity contribution is 7.98. The first kappa shape index (κ1) is 12.7. The number of hydrogen-bond donors (Lipinski definition) is 1. The summed E-state index contributed by atoms with van der Waals surface area (Å²) in [5, 5.41) is 9.20. The molecule has 2 aliphatic rings. The van der Waals surface area contributed by atoms with Crippen LogP contribution in [0, 0.1) is 0 Å². The highest BCUT2D eigenvalue weighted by Crippen LogP contribution is 2.27. The van der Waals surface area contributed by atoms with E-state index in [1.54, 1.807) is 0 Å². The molecule has 1 heterocycles. The van der Waals surface area contributed by atoms with Crippen molar-refractivity contribution in [2.75, 3.05) is 31.6 Å². The summed E-state index contributed by atoms with van der Waals surface area (Å²) >= 11 is 1.92. The SMILES string of the molecule is CSCCN1CCC(OC2CC(O)C2)CC1. The Bertz CT molecular complexity index is 201. The maximum Gasteiger partial charge on any atom is 0.0628 e. The molecule has 0 aromatic rings. The van der Waals surface area contributed by atoms with E-state index in [0.717, 1.165) is 12.8 Å². The summed E-state index contributed by atoms with van der Waals surface area (Å²) < 4.78 is 5.96. The summed E-state index contributed by atoms with van der Waals surface area (Å²) in [6.07, 6.45) is 6.91. The lowest BCUT2D eigenvalue weighted by Gasteiger charge is -2.38. The number of thioether (sulfide) groups is 1. The van der Waals surface area contributed by atoms with E-state index in [-0.39, 0.29) is 6.10 Å². The third kappa shape index (κ3) is 3.62. The Balaban J connectivity index is 1.58. The van der Waals surface area contributed by atoms with E-state index in [2.05, 4.69) is 11.2 Å². The standard InChI is InChI=1S/C12H23NO2S/c1-16-7-6-13-4-2-11(3-5-13)15-12-8-10(14)9-12/h10-12,14H,2-9H2,1H3. The number of rotatable bonds is 5. The van der Waals surface area contributed by atoms with Gasteiger partial charge in [0, 0.05) is 25.4 Å². The fourth-order valence-corrected chi connectivity index (χ4v) is 2.85. The van der Waals surface area contributed by atoms with Crippen molar-refractivity contribution in [3.63, 3.8) is 0 Å². The van der Waals surface area contributed by atoms with Crippen molar-refractivity contribution in [1.29, 1.82) is 0 Å². The predicted octanol–water partition coefficient (Wildman–Crippen LogP) is 1.35. The lowest BCUT2D eigenvalue weighted by Crippen LogP contribution is -2.43. The molecule has 0 radical (unpaired) electrons. The van der Waals surface area contributed by atoms with Crippen molar-refractivity contribution in [3.8, 4) is 0 Å². The zero-order chi connectivity index (χ0) is 11.4. The van der Waals surface area contributed by atoms with Crippen LogP contribution >= 0.6 is 11.8 Å². The van der Waals surface area contributed by atoms with Gasteiger partial charge < -0.3 is 14.7 Å². The van der Waals surface area contributed by atoms with E-state index in [4.69, 9.17) is 4.74 Å². The molecule has 0 spiro atoms. The zero-order valence-electron chi connectivity index (χ0n) is 10.1. The second-order valence-electron chi connectivity index (χ2n) is 4.92. The molecular formula is C12H23NO2S. The molecule has 2 rings (SSSR count). The molecule has 1 saturated carbocycles. The number of ether oxygens (including phenoxy) is 1. The van der Waals surface area contributed by atoms with Crippen LogP contribution in [0.3, 0.4) is 0 Å². The van der Waals surface area contributed by atoms with Crippen LogP contribution in [0.4, 0.5) is 0 Å². The molecule has 0 bridgehead atoms. The second kappa shape index (κ2) is 6.24. The Labute approximate surface area is 103 Å². The number of piperidine rings is 1. The van der Waals surface area contributed by atoms with Crippen molar-refractivity contribution < 1.29 is 9.84 Å². The number of aliphatic hydroxyl groups is 1. The maximum atomic E-state index is 9.20. The normalized spacial score (nSPS) is 32.6. The Kier molecular flexibility index (Phi) is 4.95. The molecule has 3 nitrogen and oxygen atoms in total. The Morgan fingerprint density at radius 2 is 1.94 bits per heavy atom. The molecule has 94 valence electrons. The molecule has 2 fully saturated rings. The molecule has 0 aromatic heterocycles. The van der Waals surface area contributed by atoms with Crippen LogP contribution in [-0.4, -0.2) is 60.0 Å². The Morgan fingerprint density at radius 1 is 1.25 bits per heavy atom. The van der Waals surface area contributed by atoms with Crippen LogP contribution in [0.15, 0.2) is 0 Å². The van der Waals surface area contributed by atoms with Gasteiger partial charge in [0.1, 0.15) is 0 Å². The Hall–Kier alpha value is 0.230. The third-order valence-electron chi connectivity index (χ3n) is 3.60. The van der Waals surface area contributed by atoms with Crippen LogP contribution in [0.5, 0.6) is 0 Å². The van der Waals surface area contributed by atoms with Gasteiger partial charge >= 0.3 is 0 Å². The monoisotopic (exact) mass is 245 g/mol. The minimum atomic E-state index is -0.0910. The summed E-state index contributed by atoms with van der Waals surface area (Å²) in [6.45, 7) is 3.58. The highest BCUT2D eigenvalue weighted by Gasteiger charge is 2.31. The summed E-state index contributed by atoms with van der Waals surface area (Å²) in [7, 11) is 0. The average Bonchev–Trinajstić information content (AvgIpc) is 2.26. The van der Waals surface area contributed by atoms with Gasteiger partial charge in [-0.3, -0.25) is 0 Å². The largest absolute Gasteiger partial charge is 0.393 e. The third-order valence-corrected chi connectivity index (χ3v) is 4.19. The summed E-state index contributed by atoms with van der Waals surface area (Å²) in [6, 6.07) is 0. The molecule has 0 amide bonds. The molecule has 0 aromatic carbocycles. The van der Waals surface area contributed by atoms with Crippen molar-refractivity contribution in [2.45, 2.75) is 44.0 Å². The van der Waals surface area contributed by atoms with Crippen LogP contribution in [0.2, 0.25) is 0 Å². The first-order chi connectivity index (χ1) is 7.78. The summed E-state index contributed by atoms with van der Waals surface area (Å²) in [5.41, 5.74) is 0. The Morgan fingerprint density at radius 3 is 2.50 bits per heavy atom. The van der Waals surface area contributed by atoms with Crippen LogP contribution < -0.4 is 0 Å². The first-order valence-corrected chi connectivity index (χ1v) is 7.72. The highest BCUT2D eigenvalue weighted by atomic mass is 32.2. The molecule has 1 aliphatic heterocycles. The second-order valence-corrected chi connectivity index (χ2v) is 5.90. The number of likely N-dealkylation sites (tertiary alicyclic amines) is 1. The van der Waals surface area contributed by atoms with Gasteiger partial charge in [-0.25, -0.2) is 0 Å². The molecular weight excluding hydrogens is 222 g/mol. The summed E-state index contributed by atoms with van der Waals surface area (Å²) in [4.78, 5) is 2.53. The van der Waals surface area contributed by atoms with Crippen LogP contribution in [0.1, 0.15) is 25.7 Å². The minimum Gasteiger partial charge on any atom is -0.393 e. The van der Waals surface area contributed by atoms with Crippen molar-refractivity contribution in [3.05, 3.63) is 0 Å². The number of aliphatic hydroxyl groups excluding tert-OH is 1. The molecule has 16 heavy (non-hydrogen) atoms. The first-order valence-electron chi connectivity index (χ1n) is 6.32. The number of nitrogens with zero attached hydrogens (tertiary/aromatic N) is 1. The van der Waals surface area contributed by atoms with Gasteiger partial charge in [0.05, 0.1) is 18.3 Å². The van der Waals surface area contributed by atoms with E-state index < -0.39 is 0 Å². The summed E-state index contributed by atoms with van der Waals surface area (Å²) in [5.74, 6) is 1.24. The van der Waals surface area contributed by atoms with E-state index in [0.29, 0.717) is 12.2 Å². The molecule has 1 aliphatic carbocycles. The van der Waals surface area contributed by atoms with Gasteiger partial charge in [0.25, 0.3) is 0 Å². The molecule has 0 unspecified atom stereocenters. The van der Waals surface area contributed by atoms with Crippen molar-refractivity contribution >= 4 is 11.8 Å². The quantitative estimate of drug-likeness (QED) is 0.792. The van der Waals surface area contributed by atoms with Gasteiger partial charge in [0.2, 0.25) is 0 Å². The van der Waals surface area contributed by atoms with E-state index in [1.807, 2.05) is 11.8 Å².